The molecule has 0 heterocycles. The number of esters is 4. The lowest BCUT2D eigenvalue weighted by Gasteiger charge is -2.21. The first-order chi connectivity index (χ1) is 39.7. The maximum Gasteiger partial charge on any atom is 0.472 e. The second-order valence-corrected chi connectivity index (χ2v) is 27.5. The molecule has 0 radical (unpaired) electrons. The molecule has 0 rings (SSSR count). The molecule has 83 heavy (non-hydrogen) atoms. The zero-order chi connectivity index (χ0) is 61.7. The number of phosphoric acid groups is 2. The molecule has 0 saturated heterocycles. The molecule has 5 atom stereocenters. The van der Waals surface area contributed by atoms with Crippen molar-refractivity contribution in [1.29, 1.82) is 0 Å². The van der Waals surface area contributed by atoms with Crippen LogP contribution in [0.15, 0.2) is 0 Å². The minimum Gasteiger partial charge on any atom is -0.462 e. The molecule has 0 fully saturated rings. The van der Waals surface area contributed by atoms with Crippen molar-refractivity contribution in [1.82, 2.24) is 0 Å². The smallest absolute Gasteiger partial charge is 0.462 e. The monoisotopic (exact) mass is 1230 g/mol. The normalized spacial score (nSPS) is 14.4. The fourth-order valence-corrected chi connectivity index (χ4v) is 11.1. The summed E-state index contributed by atoms with van der Waals surface area (Å²) in [6.45, 7) is 11.6. The third-order valence-electron chi connectivity index (χ3n) is 14.6. The Morgan fingerprint density at radius 1 is 0.325 bits per heavy atom. The van der Waals surface area contributed by atoms with Gasteiger partial charge in [0.25, 0.3) is 0 Å². The van der Waals surface area contributed by atoms with E-state index < -0.39 is 97.5 Å². The number of aliphatic hydroxyl groups is 1. The number of aliphatic hydroxyl groups excluding tert-OH is 1. The summed E-state index contributed by atoms with van der Waals surface area (Å²) < 4.78 is 67.9. The van der Waals surface area contributed by atoms with Crippen LogP contribution in [0, 0.1) is 17.8 Å². The van der Waals surface area contributed by atoms with E-state index in [1.807, 2.05) is 0 Å². The van der Waals surface area contributed by atoms with Gasteiger partial charge in [-0.3, -0.25) is 37.3 Å². The Morgan fingerprint density at radius 3 is 0.819 bits per heavy atom. The van der Waals surface area contributed by atoms with Gasteiger partial charge in [-0.1, -0.05) is 260 Å². The largest absolute Gasteiger partial charge is 0.472 e. The highest BCUT2D eigenvalue weighted by atomic mass is 31.2. The van der Waals surface area contributed by atoms with Crippen molar-refractivity contribution in [2.45, 2.75) is 330 Å². The van der Waals surface area contributed by atoms with E-state index in [2.05, 4.69) is 48.5 Å². The second-order valence-electron chi connectivity index (χ2n) is 24.6. The lowest BCUT2D eigenvalue weighted by molar-refractivity contribution is -0.161. The fraction of sp³-hybridized carbons (Fsp3) is 0.938. The van der Waals surface area contributed by atoms with Crippen LogP contribution in [0.4, 0.5) is 0 Å². The number of hydrogen-bond acceptors (Lipinski definition) is 15. The van der Waals surface area contributed by atoms with Gasteiger partial charge in [0.05, 0.1) is 26.4 Å². The SMILES string of the molecule is CCCCCCCCCCCCCCCCCC(=O)O[C@H](COC(=O)CCCCCCCCCC(C)C)COP(=O)(O)OC[C@@H](O)COP(=O)(O)OC[C@@H](COC(=O)CCCCCCCCC(C)C)OC(=O)CCCCCCCCC(C)C. The van der Waals surface area contributed by atoms with Crippen molar-refractivity contribution in [2.75, 3.05) is 39.6 Å². The summed E-state index contributed by atoms with van der Waals surface area (Å²) in [5, 5.41) is 10.5. The van der Waals surface area contributed by atoms with E-state index in [1.54, 1.807) is 0 Å². The van der Waals surface area contributed by atoms with Gasteiger partial charge in [-0.25, -0.2) is 9.13 Å². The van der Waals surface area contributed by atoms with Crippen molar-refractivity contribution in [2.24, 2.45) is 17.8 Å². The van der Waals surface area contributed by atoms with Gasteiger partial charge in [0, 0.05) is 25.7 Å². The molecule has 0 aromatic heterocycles. The third kappa shape index (κ3) is 58.8. The van der Waals surface area contributed by atoms with Crippen molar-refractivity contribution in [3.63, 3.8) is 0 Å². The summed E-state index contributed by atoms with van der Waals surface area (Å²) in [5.74, 6) is -0.0877. The van der Waals surface area contributed by atoms with Crippen molar-refractivity contribution < 1.29 is 80.2 Å². The average molecular weight is 1230 g/mol. The van der Waals surface area contributed by atoms with E-state index in [-0.39, 0.29) is 25.7 Å². The minimum absolute atomic E-state index is 0.101. The van der Waals surface area contributed by atoms with Gasteiger partial charge in [-0.2, -0.15) is 0 Å². The van der Waals surface area contributed by atoms with E-state index in [0.717, 1.165) is 103 Å². The Hall–Kier alpha value is -1.94. The average Bonchev–Trinajstić information content (AvgIpc) is 3.45. The highest BCUT2D eigenvalue weighted by molar-refractivity contribution is 7.47. The van der Waals surface area contributed by atoms with Gasteiger partial charge >= 0.3 is 39.5 Å². The third-order valence-corrected chi connectivity index (χ3v) is 16.5. The highest BCUT2D eigenvalue weighted by Crippen LogP contribution is 2.45. The van der Waals surface area contributed by atoms with Crippen LogP contribution in [0.5, 0.6) is 0 Å². The number of rotatable bonds is 62. The standard InChI is InChI=1S/C64H124O17P2/c1-8-9-10-11-12-13-14-15-16-17-18-19-22-33-40-47-63(68)80-59(51-74-61(66)45-38-31-23-20-21-28-35-42-55(2)3)53-78-82(70,71)76-49-58(65)50-77-83(72,73)79-54-60(81-64(69)48-41-34-27-25-30-37-44-57(6)7)52-75-62(67)46-39-32-26-24-29-36-43-56(4)5/h55-60,65H,8-54H2,1-7H3,(H,70,71)(H,72,73)/t58-,59-,60-/m1/s1. The van der Waals surface area contributed by atoms with E-state index >= 15 is 0 Å². The van der Waals surface area contributed by atoms with Crippen LogP contribution in [0.2, 0.25) is 0 Å². The van der Waals surface area contributed by atoms with Crippen LogP contribution >= 0.6 is 15.6 Å². The predicted molar refractivity (Wildman–Crippen MR) is 331 cm³/mol. The summed E-state index contributed by atoms with van der Waals surface area (Å²) in [4.78, 5) is 72.1. The summed E-state index contributed by atoms with van der Waals surface area (Å²) in [6, 6.07) is 0. The zero-order valence-electron chi connectivity index (χ0n) is 53.6. The van der Waals surface area contributed by atoms with Crippen LogP contribution in [0.3, 0.4) is 0 Å². The molecule has 0 bridgehead atoms. The summed E-state index contributed by atoms with van der Waals surface area (Å²) in [7, 11) is -9.89. The first-order valence-electron chi connectivity index (χ1n) is 33.3. The molecule has 2 unspecified atom stereocenters. The number of carbonyl (C=O) groups is 4. The number of unbranched alkanes of at least 4 members (excludes halogenated alkanes) is 30. The Kier molecular flexibility index (Phi) is 54.1. The topological polar surface area (TPSA) is 237 Å². The zero-order valence-corrected chi connectivity index (χ0v) is 55.4. The van der Waals surface area contributed by atoms with Crippen LogP contribution in [0.25, 0.3) is 0 Å². The predicted octanol–water partition coefficient (Wildman–Crippen LogP) is 17.5. The molecular formula is C64H124O17P2. The Labute approximate surface area is 505 Å². The van der Waals surface area contributed by atoms with Crippen LogP contribution in [-0.2, 0) is 65.4 Å². The molecule has 0 aliphatic rings. The molecule has 19 heteroatoms. The lowest BCUT2D eigenvalue weighted by atomic mass is 10.0. The van der Waals surface area contributed by atoms with Crippen LogP contribution in [-0.4, -0.2) is 96.7 Å². The lowest BCUT2D eigenvalue weighted by Crippen LogP contribution is -2.30. The number of carbonyl (C=O) groups excluding carboxylic acids is 4. The molecule has 0 amide bonds. The quantitative estimate of drug-likeness (QED) is 0.0222. The molecule has 17 nitrogen and oxygen atoms in total. The number of ether oxygens (including phenoxy) is 4. The van der Waals surface area contributed by atoms with Crippen molar-refractivity contribution in [3.8, 4) is 0 Å². The molecule has 0 aliphatic heterocycles. The van der Waals surface area contributed by atoms with Gasteiger partial charge in [0.15, 0.2) is 12.2 Å². The van der Waals surface area contributed by atoms with Gasteiger partial charge in [-0.05, 0) is 43.4 Å². The molecule has 0 saturated carbocycles. The van der Waals surface area contributed by atoms with Gasteiger partial charge in [0.2, 0.25) is 0 Å². The molecule has 0 aliphatic carbocycles. The molecule has 492 valence electrons. The Bertz CT molecular complexity index is 1650. The van der Waals surface area contributed by atoms with Crippen molar-refractivity contribution in [3.05, 3.63) is 0 Å². The van der Waals surface area contributed by atoms with Gasteiger partial charge in [-0.15, -0.1) is 0 Å². The Balaban J connectivity index is 5.22. The van der Waals surface area contributed by atoms with E-state index in [1.165, 1.54) is 109 Å². The highest BCUT2D eigenvalue weighted by Gasteiger charge is 2.30. The fourth-order valence-electron chi connectivity index (χ4n) is 9.48. The molecular weight excluding hydrogens is 1100 g/mol. The summed E-state index contributed by atoms with van der Waals surface area (Å²) in [6.07, 6.45) is 36.6. The Morgan fingerprint density at radius 2 is 0.554 bits per heavy atom. The van der Waals surface area contributed by atoms with Crippen LogP contribution < -0.4 is 0 Å². The number of hydrogen-bond donors (Lipinski definition) is 3. The molecule has 0 aromatic carbocycles. The summed E-state index contributed by atoms with van der Waals surface area (Å²) >= 11 is 0. The molecule has 3 N–H and O–H groups in total. The van der Waals surface area contributed by atoms with Crippen molar-refractivity contribution >= 4 is 39.5 Å². The summed E-state index contributed by atoms with van der Waals surface area (Å²) in [5.41, 5.74) is 0. The first kappa shape index (κ1) is 81.1. The second kappa shape index (κ2) is 55.4. The van der Waals surface area contributed by atoms with Crippen LogP contribution in [0.1, 0.15) is 312 Å². The molecule has 0 aromatic rings. The van der Waals surface area contributed by atoms with Gasteiger partial charge < -0.3 is 33.8 Å². The maximum absolute atomic E-state index is 13.0. The number of phosphoric ester groups is 2. The van der Waals surface area contributed by atoms with E-state index in [0.29, 0.717) is 43.4 Å². The van der Waals surface area contributed by atoms with Gasteiger partial charge in [0.1, 0.15) is 19.3 Å². The van der Waals surface area contributed by atoms with E-state index in [9.17, 15) is 43.2 Å². The maximum atomic E-state index is 13.0. The molecule has 0 spiro atoms. The minimum atomic E-state index is -4.94. The van der Waals surface area contributed by atoms with E-state index in [4.69, 9.17) is 37.0 Å². The first-order valence-corrected chi connectivity index (χ1v) is 36.3.